The van der Waals surface area contributed by atoms with E-state index in [0.29, 0.717) is 18.5 Å². The smallest absolute Gasteiger partial charge is 0.211 e. The Hall–Kier alpha value is -0.0900. The maximum atomic E-state index is 11.6. The van der Waals surface area contributed by atoms with E-state index in [1.807, 2.05) is 14.0 Å². The minimum atomic E-state index is -3.09. The van der Waals surface area contributed by atoms with Gasteiger partial charge in [-0.1, -0.05) is 26.2 Å². The molecule has 6 nitrogen and oxygen atoms in total. The number of nitrogens with one attached hydrogen (secondary N) is 1. The molecule has 1 aliphatic heterocycles. The summed E-state index contributed by atoms with van der Waals surface area (Å²) in [5.74, 6) is 0.972. The largest absolute Gasteiger partial charge is 0.356 e. The van der Waals surface area contributed by atoms with Crippen LogP contribution < -0.4 is 5.32 Å². The number of rotatable bonds is 6. The van der Waals surface area contributed by atoms with Crippen molar-refractivity contribution in [3.8, 4) is 0 Å². The fourth-order valence-corrected chi connectivity index (χ4v) is 5.10. The van der Waals surface area contributed by atoms with Crippen LogP contribution in [0.3, 0.4) is 0 Å². The van der Waals surface area contributed by atoms with Gasteiger partial charge in [0.2, 0.25) is 10.0 Å². The standard InChI is InChI=1S/C17H34N4O2S.HI/c1-4-21(24(3,22)23)13-8-12-19-16(18-2)20-14-11-17(15-20)9-6-5-7-10-17;/h4-15H2,1-3H3,(H,18,19);1H. The van der Waals surface area contributed by atoms with Crippen LogP contribution in [0.5, 0.6) is 0 Å². The van der Waals surface area contributed by atoms with Crippen LogP contribution in [0.25, 0.3) is 0 Å². The summed E-state index contributed by atoms with van der Waals surface area (Å²) in [6.45, 7) is 5.93. The molecule has 0 aromatic heterocycles. The van der Waals surface area contributed by atoms with Crippen LogP contribution in [-0.2, 0) is 10.0 Å². The molecule has 0 bridgehead atoms. The highest BCUT2D eigenvalue weighted by Crippen LogP contribution is 2.43. The number of hydrogen-bond donors (Lipinski definition) is 1. The molecule has 0 amide bonds. The Bertz CT molecular complexity index is 533. The summed E-state index contributed by atoms with van der Waals surface area (Å²) in [5.41, 5.74) is 0.519. The summed E-state index contributed by atoms with van der Waals surface area (Å²) in [5, 5.41) is 3.42. The number of sulfonamides is 1. The lowest BCUT2D eigenvalue weighted by Gasteiger charge is -2.33. The first-order valence-corrected chi connectivity index (χ1v) is 11.2. The number of aliphatic imine (C=N–C) groups is 1. The number of nitrogens with zero attached hydrogens (tertiary/aromatic N) is 3. The first kappa shape index (κ1) is 23.0. The van der Waals surface area contributed by atoms with Gasteiger partial charge in [0.1, 0.15) is 0 Å². The normalized spacial score (nSPS) is 20.8. The highest BCUT2D eigenvalue weighted by atomic mass is 127. The van der Waals surface area contributed by atoms with Crippen molar-refractivity contribution < 1.29 is 8.42 Å². The van der Waals surface area contributed by atoms with Crippen molar-refractivity contribution in [3.63, 3.8) is 0 Å². The highest BCUT2D eigenvalue weighted by molar-refractivity contribution is 14.0. The van der Waals surface area contributed by atoms with Crippen molar-refractivity contribution in [2.75, 3.05) is 46.0 Å². The number of halogens is 1. The second-order valence-electron chi connectivity index (χ2n) is 7.31. The van der Waals surface area contributed by atoms with Gasteiger partial charge < -0.3 is 10.2 Å². The Balaban J connectivity index is 0.00000312. The van der Waals surface area contributed by atoms with E-state index in [0.717, 1.165) is 32.0 Å². The van der Waals surface area contributed by atoms with Crippen LogP contribution in [0, 0.1) is 5.41 Å². The number of hydrogen-bond acceptors (Lipinski definition) is 3. The van der Waals surface area contributed by atoms with E-state index in [4.69, 9.17) is 0 Å². The molecular formula is C17H35IN4O2S. The minimum absolute atomic E-state index is 0. The Morgan fingerprint density at radius 3 is 2.48 bits per heavy atom. The van der Waals surface area contributed by atoms with E-state index >= 15 is 0 Å². The zero-order valence-corrected chi connectivity index (χ0v) is 19.1. The van der Waals surface area contributed by atoms with Crippen molar-refractivity contribution in [1.82, 2.24) is 14.5 Å². The van der Waals surface area contributed by atoms with Crippen molar-refractivity contribution in [2.24, 2.45) is 10.4 Å². The van der Waals surface area contributed by atoms with E-state index in [1.54, 1.807) is 0 Å². The molecule has 0 radical (unpaired) electrons. The molecule has 0 aromatic rings. The lowest BCUT2D eigenvalue weighted by atomic mass is 9.73. The molecule has 1 N–H and O–H groups in total. The van der Waals surface area contributed by atoms with Gasteiger partial charge in [-0.25, -0.2) is 12.7 Å². The fourth-order valence-electron chi connectivity index (χ4n) is 4.17. The zero-order chi connectivity index (χ0) is 17.6. The van der Waals surface area contributed by atoms with E-state index in [-0.39, 0.29) is 24.0 Å². The summed E-state index contributed by atoms with van der Waals surface area (Å²) in [4.78, 5) is 6.82. The van der Waals surface area contributed by atoms with E-state index in [1.165, 1.54) is 49.1 Å². The van der Waals surface area contributed by atoms with Crippen molar-refractivity contribution in [2.45, 2.75) is 51.9 Å². The summed E-state index contributed by atoms with van der Waals surface area (Å²) in [6, 6.07) is 0. The van der Waals surface area contributed by atoms with Crippen LogP contribution in [-0.4, -0.2) is 69.6 Å². The predicted molar refractivity (Wildman–Crippen MR) is 115 cm³/mol. The van der Waals surface area contributed by atoms with Crippen LogP contribution >= 0.6 is 24.0 Å². The molecule has 1 spiro atoms. The molecule has 2 aliphatic rings. The van der Waals surface area contributed by atoms with Gasteiger partial charge in [-0.05, 0) is 31.1 Å². The quantitative estimate of drug-likeness (QED) is 0.271. The summed E-state index contributed by atoms with van der Waals surface area (Å²) < 4.78 is 24.7. The highest BCUT2D eigenvalue weighted by Gasteiger charge is 2.39. The average Bonchev–Trinajstić information content (AvgIpc) is 2.93. The monoisotopic (exact) mass is 486 g/mol. The molecule has 148 valence electrons. The lowest BCUT2D eigenvalue weighted by molar-refractivity contribution is 0.203. The van der Waals surface area contributed by atoms with Gasteiger partial charge in [0.05, 0.1) is 6.26 Å². The molecule has 8 heteroatoms. The van der Waals surface area contributed by atoms with Crippen molar-refractivity contribution in [3.05, 3.63) is 0 Å². The van der Waals surface area contributed by atoms with Crippen LogP contribution in [0.15, 0.2) is 4.99 Å². The first-order valence-electron chi connectivity index (χ1n) is 9.31. The molecule has 2 fully saturated rings. The molecular weight excluding hydrogens is 451 g/mol. The fraction of sp³-hybridized carbons (Fsp3) is 0.941. The molecule has 1 saturated heterocycles. The Morgan fingerprint density at radius 2 is 1.92 bits per heavy atom. The topological polar surface area (TPSA) is 65.0 Å². The summed E-state index contributed by atoms with van der Waals surface area (Å²) in [6.07, 6.45) is 10.2. The van der Waals surface area contributed by atoms with Crippen LogP contribution in [0.4, 0.5) is 0 Å². The maximum absolute atomic E-state index is 11.6. The summed E-state index contributed by atoms with van der Waals surface area (Å²) >= 11 is 0. The Morgan fingerprint density at radius 1 is 1.24 bits per heavy atom. The molecule has 1 heterocycles. The second-order valence-corrected chi connectivity index (χ2v) is 9.30. The number of guanidine groups is 1. The predicted octanol–water partition coefficient (Wildman–Crippen LogP) is 2.51. The average molecular weight is 486 g/mol. The lowest BCUT2D eigenvalue weighted by Crippen LogP contribution is -2.42. The summed E-state index contributed by atoms with van der Waals surface area (Å²) in [7, 11) is -1.25. The van der Waals surface area contributed by atoms with Crippen LogP contribution in [0.2, 0.25) is 0 Å². The van der Waals surface area contributed by atoms with Gasteiger partial charge in [0.25, 0.3) is 0 Å². The SMILES string of the molecule is CCN(CCCNC(=NC)N1CCC2(CCCCC2)C1)S(C)(=O)=O.I. The third-order valence-electron chi connectivity index (χ3n) is 5.55. The van der Waals surface area contributed by atoms with Gasteiger partial charge in [-0.3, -0.25) is 4.99 Å². The Kier molecular flexibility index (Phi) is 9.45. The van der Waals surface area contributed by atoms with Gasteiger partial charge in [0, 0.05) is 39.8 Å². The third-order valence-corrected chi connectivity index (χ3v) is 6.93. The molecule has 2 rings (SSSR count). The Labute approximate surface area is 170 Å². The molecule has 0 atom stereocenters. The van der Waals surface area contributed by atoms with E-state index in [9.17, 15) is 8.42 Å². The van der Waals surface area contributed by atoms with Gasteiger partial charge in [0.15, 0.2) is 5.96 Å². The van der Waals surface area contributed by atoms with Gasteiger partial charge >= 0.3 is 0 Å². The molecule has 0 aromatic carbocycles. The van der Waals surface area contributed by atoms with E-state index < -0.39 is 10.0 Å². The van der Waals surface area contributed by atoms with Gasteiger partial charge in [-0.15, -0.1) is 24.0 Å². The second kappa shape index (κ2) is 10.3. The van der Waals surface area contributed by atoms with Crippen molar-refractivity contribution >= 4 is 40.0 Å². The zero-order valence-electron chi connectivity index (χ0n) is 16.0. The third kappa shape index (κ3) is 6.53. The minimum Gasteiger partial charge on any atom is -0.356 e. The first-order chi connectivity index (χ1) is 11.4. The molecule has 25 heavy (non-hydrogen) atoms. The maximum Gasteiger partial charge on any atom is 0.211 e. The van der Waals surface area contributed by atoms with Crippen molar-refractivity contribution in [1.29, 1.82) is 0 Å². The molecule has 1 aliphatic carbocycles. The van der Waals surface area contributed by atoms with E-state index in [2.05, 4.69) is 15.2 Å². The molecule has 0 unspecified atom stereocenters. The number of likely N-dealkylation sites (tertiary alicyclic amines) is 1. The van der Waals surface area contributed by atoms with Crippen LogP contribution in [0.1, 0.15) is 51.9 Å². The van der Waals surface area contributed by atoms with Gasteiger partial charge in [-0.2, -0.15) is 0 Å². The molecule has 1 saturated carbocycles.